The molecule has 0 saturated carbocycles. The third-order valence-electron chi connectivity index (χ3n) is 1.68. The fourth-order valence-electron chi connectivity index (χ4n) is 0.972. The van der Waals surface area contributed by atoms with Crippen LogP contribution in [0.2, 0.25) is 0 Å². The van der Waals surface area contributed by atoms with E-state index in [0.717, 1.165) is 11.0 Å². The summed E-state index contributed by atoms with van der Waals surface area (Å²) in [7, 11) is 1.96. The summed E-state index contributed by atoms with van der Waals surface area (Å²) >= 11 is 1.34. The van der Waals surface area contributed by atoms with Crippen molar-refractivity contribution in [2.75, 3.05) is 5.32 Å². The largest absolute Gasteiger partial charge is 0.353 e. The van der Waals surface area contributed by atoms with Gasteiger partial charge in [0.15, 0.2) is 0 Å². The summed E-state index contributed by atoms with van der Waals surface area (Å²) in [4.78, 5) is 8.18. The van der Waals surface area contributed by atoms with Gasteiger partial charge in [0.1, 0.15) is 12.2 Å². The highest BCUT2D eigenvalue weighted by atomic mass is 32.1. The molecule has 0 fully saturated rings. The number of aromatic nitrogens is 4. The number of rotatable bonds is 3. The van der Waals surface area contributed by atoms with Crippen LogP contribution in [0.25, 0.3) is 0 Å². The number of nitrogens with zero attached hydrogens (tertiary/aromatic N) is 4. The third-order valence-corrected chi connectivity index (χ3v) is 2.30. The normalized spacial score (nSPS) is 10.2. The maximum atomic E-state index is 4.17. The fraction of sp³-hybridized carbons (Fsp3) is 0.286. The molecule has 68 valence electrons. The van der Waals surface area contributed by atoms with E-state index in [4.69, 9.17) is 0 Å². The molecule has 2 aromatic heterocycles. The second kappa shape index (κ2) is 3.53. The molecule has 0 amide bonds. The smallest absolute Gasteiger partial charge is 0.202 e. The molecule has 5 nitrogen and oxygen atoms in total. The van der Waals surface area contributed by atoms with E-state index < -0.39 is 0 Å². The molecule has 0 bridgehead atoms. The zero-order valence-corrected chi connectivity index (χ0v) is 7.95. The molecular weight excluding hydrogens is 186 g/mol. The Kier molecular flexibility index (Phi) is 2.22. The maximum absolute atomic E-state index is 4.17. The summed E-state index contributed by atoms with van der Waals surface area (Å²) in [6.07, 6.45) is 5.22. The van der Waals surface area contributed by atoms with E-state index in [2.05, 4.69) is 19.7 Å². The van der Waals surface area contributed by atoms with Crippen molar-refractivity contribution in [3.8, 4) is 0 Å². The minimum Gasteiger partial charge on any atom is -0.353 e. The lowest BCUT2D eigenvalue weighted by atomic mass is 10.6. The molecule has 0 aliphatic heterocycles. The lowest BCUT2D eigenvalue weighted by molar-refractivity contribution is 0.812. The first kappa shape index (κ1) is 8.18. The van der Waals surface area contributed by atoms with Gasteiger partial charge in [-0.2, -0.15) is 4.37 Å². The highest BCUT2D eigenvalue weighted by Gasteiger charge is 1.99. The predicted octanol–water partition coefficient (Wildman–Crippen LogP) is 0.884. The van der Waals surface area contributed by atoms with E-state index in [0.29, 0.717) is 6.54 Å². The van der Waals surface area contributed by atoms with E-state index in [9.17, 15) is 0 Å². The minimum atomic E-state index is 0.679. The number of nitrogens with one attached hydrogen (secondary N) is 1. The van der Waals surface area contributed by atoms with Gasteiger partial charge in [-0.3, -0.25) is 0 Å². The van der Waals surface area contributed by atoms with Gasteiger partial charge in [-0.25, -0.2) is 9.97 Å². The van der Waals surface area contributed by atoms with Crippen LogP contribution in [0.1, 0.15) is 5.82 Å². The molecule has 0 aliphatic carbocycles. The lowest BCUT2D eigenvalue weighted by Gasteiger charge is -2.01. The Morgan fingerprint density at radius 1 is 1.54 bits per heavy atom. The Hall–Kier alpha value is -1.43. The molecule has 1 N–H and O–H groups in total. The van der Waals surface area contributed by atoms with Gasteiger partial charge in [0.2, 0.25) is 5.13 Å². The zero-order valence-electron chi connectivity index (χ0n) is 7.14. The average Bonchev–Trinajstić information content (AvgIpc) is 2.72. The van der Waals surface area contributed by atoms with E-state index in [1.165, 1.54) is 17.9 Å². The standard InChI is InChI=1S/C7H9N5S/c1-12-3-2-8-6(12)4-9-7-10-5-11-13-7/h2-3,5H,4H2,1H3,(H,9,10,11). The molecule has 0 atom stereocenters. The molecule has 0 saturated heterocycles. The first-order valence-corrected chi connectivity index (χ1v) is 4.60. The van der Waals surface area contributed by atoms with Gasteiger partial charge in [0.25, 0.3) is 0 Å². The quantitative estimate of drug-likeness (QED) is 0.790. The Morgan fingerprint density at radius 3 is 3.08 bits per heavy atom. The first-order chi connectivity index (χ1) is 6.36. The Labute approximate surface area is 79.6 Å². The van der Waals surface area contributed by atoms with Crippen LogP contribution in [0.15, 0.2) is 18.7 Å². The highest BCUT2D eigenvalue weighted by Crippen LogP contribution is 2.07. The predicted molar refractivity (Wildman–Crippen MR) is 50.4 cm³/mol. The van der Waals surface area contributed by atoms with E-state index in [-0.39, 0.29) is 0 Å². The maximum Gasteiger partial charge on any atom is 0.202 e. The molecule has 0 aromatic carbocycles. The van der Waals surface area contributed by atoms with E-state index in [1.807, 2.05) is 17.8 Å². The molecule has 2 rings (SSSR count). The van der Waals surface area contributed by atoms with Crippen molar-refractivity contribution in [3.63, 3.8) is 0 Å². The fourth-order valence-corrected chi connectivity index (χ4v) is 1.40. The highest BCUT2D eigenvalue weighted by molar-refractivity contribution is 7.09. The summed E-state index contributed by atoms with van der Waals surface area (Å²) < 4.78 is 5.85. The summed E-state index contributed by atoms with van der Waals surface area (Å²) in [6.45, 7) is 0.679. The van der Waals surface area contributed by atoms with Crippen LogP contribution in [0.3, 0.4) is 0 Å². The van der Waals surface area contributed by atoms with Crippen LogP contribution >= 0.6 is 11.5 Å². The molecule has 2 heterocycles. The van der Waals surface area contributed by atoms with Crippen molar-refractivity contribution in [2.45, 2.75) is 6.54 Å². The molecular formula is C7H9N5S. The Balaban J connectivity index is 1.97. The topological polar surface area (TPSA) is 55.6 Å². The van der Waals surface area contributed by atoms with Gasteiger partial charge in [-0.05, 0) is 0 Å². The summed E-state index contributed by atoms with van der Waals surface area (Å²) in [5, 5.41) is 3.95. The summed E-state index contributed by atoms with van der Waals surface area (Å²) in [6, 6.07) is 0. The molecule has 2 aromatic rings. The molecule has 0 unspecified atom stereocenters. The van der Waals surface area contributed by atoms with Crippen molar-refractivity contribution in [1.82, 2.24) is 18.9 Å². The van der Waals surface area contributed by atoms with Gasteiger partial charge >= 0.3 is 0 Å². The molecule has 0 radical (unpaired) electrons. The second-order valence-electron chi connectivity index (χ2n) is 2.55. The first-order valence-electron chi connectivity index (χ1n) is 3.83. The second-order valence-corrected chi connectivity index (χ2v) is 3.33. The summed E-state index contributed by atoms with van der Waals surface area (Å²) in [5.74, 6) is 0.982. The number of hydrogen-bond donors (Lipinski definition) is 1. The number of hydrogen-bond acceptors (Lipinski definition) is 5. The van der Waals surface area contributed by atoms with Gasteiger partial charge in [0.05, 0.1) is 6.54 Å². The van der Waals surface area contributed by atoms with Crippen LogP contribution in [-0.4, -0.2) is 18.9 Å². The zero-order chi connectivity index (χ0) is 9.10. The lowest BCUT2D eigenvalue weighted by Crippen LogP contribution is -2.05. The minimum absolute atomic E-state index is 0.679. The Morgan fingerprint density at radius 2 is 2.46 bits per heavy atom. The van der Waals surface area contributed by atoms with Gasteiger partial charge in [-0.1, -0.05) is 0 Å². The van der Waals surface area contributed by atoms with Gasteiger partial charge in [-0.15, -0.1) is 0 Å². The third kappa shape index (κ3) is 1.83. The van der Waals surface area contributed by atoms with Crippen molar-refractivity contribution in [3.05, 3.63) is 24.5 Å². The van der Waals surface area contributed by atoms with Crippen LogP contribution in [0.5, 0.6) is 0 Å². The van der Waals surface area contributed by atoms with Crippen molar-refractivity contribution < 1.29 is 0 Å². The van der Waals surface area contributed by atoms with Crippen molar-refractivity contribution >= 4 is 16.7 Å². The number of aryl methyl sites for hydroxylation is 1. The van der Waals surface area contributed by atoms with Crippen LogP contribution in [0.4, 0.5) is 5.13 Å². The summed E-state index contributed by atoms with van der Waals surface area (Å²) in [5.41, 5.74) is 0. The molecule has 0 spiro atoms. The van der Waals surface area contributed by atoms with E-state index in [1.54, 1.807) is 6.20 Å². The monoisotopic (exact) mass is 195 g/mol. The number of imidazole rings is 1. The van der Waals surface area contributed by atoms with Crippen LogP contribution < -0.4 is 5.32 Å². The van der Waals surface area contributed by atoms with Gasteiger partial charge in [0, 0.05) is 31.0 Å². The average molecular weight is 195 g/mol. The molecule has 13 heavy (non-hydrogen) atoms. The van der Waals surface area contributed by atoms with Crippen molar-refractivity contribution in [2.24, 2.45) is 7.05 Å². The molecule has 0 aliphatic rings. The number of anilines is 1. The van der Waals surface area contributed by atoms with Gasteiger partial charge < -0.3 is 9.88 Å². The van der Waals surface area contributed by atoms with Crippen molar-refractivity contribution in [1.29, 1.82) is 0 Å². The molecule has 6 heteroatoms. The van der Waals surface area contributed by atoms with Crippen LogP contribution in [-0.2, 0) is 13.6 Å². The van der Waals surface area contributed by atoms with Crippen LogP contribution in [0, 0.1) is 0 Å². The SMILES string of the molecule is Cn1ccnc1CNc1ncns1. The van der Waals surface area contributed by atoms with E-state index >= 15 is 0 Å². The Bertz CT molecular complexity index is 366.